The molecule has 100 valence electrons. The van der Waals surface area contributed by atoms with Crippen LogP contribution in [-0.2, 0) is 9.53 Å². The Balaban J connectivity index is 2.14. The van der Waals surface area contributed by atoms with Crippen molar-refractivity contribution in [2.45, 2.75) is 11.8 Å². The second-order valence-corrected chi connectivity index (χ2v) is 5.09. The highest BCUT2D eigenvalue weighted by atomic mass is 79.9. The summed E-state index contributed by atoms with van der Waals surface area (Å²) in [6.45, 7) is 1.91. The van der Waals surface area contributed by atoms with E-state index in [0.717, 1.165) is 4.90 Å². The van der Waals surface area contributed by atoms with Crippen LogP contribution in [0.25, 0.3) is 0 Å². The molecule has 6 heteroatoms. The third-order valence-electron chi connectivity index (χ3n) is 2.76. The average molecular weight is 326 g/mol. The van der Waals surface area contributed by atoms with Gasteiger partial charge in [0, 0.05) is 0 Å². The van der Waals surface area contributed by atoms with Gasteiger partial charge >= 0.3 is 5.97 Å². The molecule has 0 N–H and O–H groups in total. The molecular formula is C13H12BrNO4. The van der Waals surface area contributed by atoms with Crippen molar-refractivity contribution < 1.29 is 19.1 Å². The number of fused-ring (bicyclic) bond motifs is 1. The lowest BCUT2D eigenvalue weighted by molar-refractivity contribution is -0.142. The number of ether oxygens (including phenoxy) is 1. The number of nitrogens with zero attached hydrogens (tertiary/aromatic N) is 1. The van der Waals surface area contributed by atoms with Gasteiger partial charge in [-0.2, -0.15) is 0 Å². The minimum atomic E-state index is -0.713. The number of rotatable bonds is 4. The van der Waals surface area contributed by atoms with E-state index in [0.29, 0.717) is 11.1 Å². The fourth-order valence-electron chi connectivity index (χ4n) is 1.87. The van der Waals surface area contributed by atoms with Gasteiger partial charge in [-0.25, -0.2) is 0 Å². The summed E-state index contributed by atoms with van der Waals surface area (Å²) in [5.74, 6) is -1.25. The molecule has 0 bridgehead atoms. The molecular weight excluding hydrogens is 314 g/mol. The van der Waals surface area contributed by atoms with E-state index in [2.05, 4.69) is 15.9 Å². The van der Waals surface area contributed by atoms with E-state index in [1.165, 1.54) is 0 Å². The maximum atomic E-state index is 12.1. The van der Waals surface area contributed by atoms with Crippen molar-refractivity contribution in [2.75, 3.05) is 13.2 Å². The molecule has 1 aromatic carbocycles. The third-order valence-corrected chi connectivity index (χ3v) is 3.43. The van der Waals surface area contributed by atoms with E-state index in [1.807, 2.05) is 0 Å². The summed E-state index contributed by atoms with van der Waals surface area (Å²) in [6.07, 6.45) is 0. The summed E-state index contributed by atoms with van der Waals surface area (Å²) < 4.78 is 4.83. The second kappa shape index (κ2) is 5.52. The van der Waals surface area contributed by atoms with E-state index in [9.17, 15) is 14.4 Å². The minimum absolute atomic E-state index is 0.0365. The van der Waals surface area contributed by atoms with Gasteiger partial charge in [-0.1, -0.05) is 28.1 Å². The summed E-state index contributed by atoms with van der Waals surface area (Å²) in [4.78, 5) is 36.0. The van der Waals surface area contributed by atoms with Crippen molar-refractivity contribution in [2.24, 2.45) is 0 Å². The molecule has 0 saturated heterocycles. The van der Waals surface area contributed by atoms with Crippen LogP contribution in [-0.4, -0.2) is 40.7 Å². The fraction of sp³-hybridized carbons (Fsp3) is 0.308. The lowest BCUT2D eigenvalue weighted by Crippen LogP contribution is -2.38. The molecule has 0 aliphatic carbocycles. The van der Waals surface area contributed by atoms with Gasteiger partial charge in [0.05, 0.1) is 24.3 Å². The normalized spacial score (nSPS) is 15.4. The Kier molecular flexibility index (Phi) is 3.99. The zero-order chi connectivity index (χ0) is 14.0. The molecule has 0 radical (unpaired) electrons. The number of imide groups is 1. The lowest BCUT2D eigenvalue weighted by atomic mass is 10.1. The summed E-state index contributed by atoms with van der Waals surface area (Å²) in [6, 6.07) is 6.60. The molecule has 5 nitrogen and oxygen atoms in total. The van der Waals surface area contributed by atoms with Crippen LogP contribution in [0, 0.1) is 0 Å². The van der Waals surface area contributed by atoms with Crippen LogP contribution in [0.2, 0.25) is 0 Å². The Morgan fingerprint density at radius 2 is 1.79 bits per heavy atom. The number of carbonyl (C=O) groups is 3. The van der Waals surface area contributed by atoms with Crippen LogP contribution < -0.4 is 0 Å². The first-order valence-electron chi connectivity index (χ1n) is 5.82. The molecule has 1 atom stereocenters. The summed E-state index contributed by atoms with van der Waals surface area (Å²) in [5.41, 5.74) is 0.743. The van der Waals surface area contributed by atoms with Crippen LogP contribution in [0.1, 0.15) is 27.6 Å². The molecule has 0 spiro atoms. The van der Waals surface area contributed by atoms with Crippen molar-refractivity contribution in [3.8, 4) is 0 Å². The Hall–Kier alpha value is -1.69. The van der Waals surface area contributed by atoms with Crippen LogP contribution in [0.5, 0.6) is 0 Å². The van der Waals surface area contributed by atoms with E-state index >= 15 is 0 Å². The van der Waals surface area contributed by atoms with E-state index < -0.39 is 10.8 Å². The number of esters is 1. The molecule has 1 aromatic rings. The van der Waals surface area contributed by atoms with Gasteiger partial charge in [-0.05, 0) is 19.1 Å². The van der Waals surface area contributed by atoms with Gasteiger partial charge in [0.25, 0.3) is 11.8 Å². The van der Waals surface area contributed by atoms with E-state index in [4.69, 9.17) is 4.74 Å². The highest BCUT2D eigenvalue weighted by Crippen LogP contribution is 2.23. The van der Waals surface area contributed by atoms with Gasteiger partial charge in [0.2, 0.25) is 0 Å². The number of alkyl halides is 1. The van der Waals surface area contributed by atoms with Gasteiger partial charge in [0.15, 0.2) is 0 Å². The van der Waals surface area contributed by atoms with Crippen molar-refractivity contribution >= 4 is 33.7 Å². The van der Waals surface area contributed by atoms with Crippen LogP contribution in [0.15, 0.2) is 24.3 Å². The van der Waals surface area contributed by atoms with Gasteiger partial charge in [-0.3, -0.25) is 19.3 Å². The van der Waals surface area contributed by atoms with Gasteiger partial charge in [0.1, 0.15) is 4.83 Å². The average Bonchev–Trinajstić information content (AvgIpc) is 2.65. The number of carbonyl (C=O) groups excluding carboxylic acids is 3. The van der Waals surface area contributed by atoms with Crippen LogP contribution in [0.4, 0.5) is 0 Å². The molecule has 1 aliphatic rings. The highest BCUT2D eigenvalue weighted by Gasteiger charge is 2.37. The monoisotopic (exact) mass is 325 g/mol. The van der Waals surface area contributed by atoms with Gasteiger partial charge < -0.3 is 4.74 Å². The Bertz CT molecular complexity index is 508. The highest BCUT2D eigenvalue weighted by molar-refractivity contribution is 9.10. The maximum Gasteiger partial charge on any atom is 0.321 e. The third kappa shape index (κ3) is 2.53. The molecule has 0 saturated carbocycles. The number of benzene rings is 1. The first-order chi connectivity index (χ1) is 9.06. The Morgan fingerprint density at radius 3 is 2.26 bits per heavy atom. The lowest BCUT2D eigenvalue weighted by Gasteiger charge is -2.16. The molecule has 1 heterocycles. The fourth-order valence-corrected chi connectivity index (χ4v) is 2.29. The standard InChI is InChI=1S/C13H12BrNO4/c1-2-19-13(18)10(14)7-15-11(16)8-5-3-4-6-9(8)12(15)17/h3-6,10H,2,7H2,1H3/t10-/m0/s1. The predicted octanol–water partition coefficient (Wildman–Crippen LogP) is 1.61. The van der Waals surface area contributed by atoms with Gasteiger partial charge in [-0.15, -0.1) is 0 Å². The Morgan fingerprint density at radius 1 is 1.26 bits per heavy atom. The van der Waals surface area contributed by atoms with Crippen LogP contribution in [0.3, 0.4) is 0 Å². The predicted molar refractivity (Wildman–Crippen MR) is 71.2 cm³/mol. The number of amides is 2. The topological polar surface area (TPSA) is 63.7 Å². The summed E-state index contributed by atoms with van der Waals surface area (Å²) >= 11 is 3.13. The van der Waals surface area contributed by atoms with E-state index in [-0.39, 0.29) is 25.0 Å². The summed E-state index contributed by atoms with van der Waals surface area (Å²) in [7, 11) is 0. The molecule has 0 unspecified atom stereocenters. The number of halogens is 1. The SMILES string of the molecule is CCOC(=O)[C@@H](Br)CN1C(=O)c2ccccc2C1=O. The minimum Gasteiger partial charge on any atom is -0.465 e. The quantitative estimate of drug-likeness (QED) is 0.479. The molecule has 0 fully saturated rings. The first kappa shape index (κ1) is 13.7. The number of hydrogen-bond donors (Lipinski definition) is 0. The largest absolute Gasteiger partial charge is 0.465 e. The zero-order valence-corrected chi connectivity index (χ0v) is 11.8. The maximum absolute atomic E-state index is 12.1. The van der Waals surface area contributed by atoms with Crippen LogP contribution >= 0.6 is 15.9 Å². The molecule has 1 aliphatic heterocycles. The molecule has 0 aromatic heterocycles. The zero-order valence-electron chi connectivity index (χ0n) is 10.3. The smallest absolute Gasteiger partial charge is 0.321 e. The van der Waals surface area contributed by atoms with E-state index in [1.54, 1.807) is 31.2 Å². The molecule has 2 rings (SSSR count). The van der Waals surface area contributed by atoms with Crippen molar-refractivity contribution in [1.82, 2.24) is 4.90 Å². The van der Waals surface area contributed by atoms with Crippen molar-refractivity contribution in [3.63, 3.8) is 0 Å². The second-order valence-electron chi connectivity index (χ2n) is 3.99. The Labute approximate surface area is 118 Å². The number of hydrogen-bond acceptors (Lipinski definition) is 4. The summed E-state index contributed by atoms with van der Waals surface area (Å²) in [5, 5.41) is 0. The van der Waals surface area contributed by atoms with Crippen molar-refractivity contribution in [3.05, 3.63) is 35.4 Å². The first-order valence-corrected chi connectivity index (χ1v) is 6.73. The molecule has 19 heavy (non-hydrogen) atoms. The van der Waals surface area contributed by atoms with Crippen molar-refractivity contribution in [1.29, 1.82) is 0 Å². The molecule has 2 amide bonds.